The van der Waals surface area contributed by atoms with Crippen molar-refractivity contribution in [3.63, 3.8) is 0 Å². The van der Waals surface area contributed by atoms with Gasteiger partial charge in [0.1, 0.15) is 0 Å². The van der Waals surface area contributed by atoms with Crippen molar-refractivity contribution in [1.82, 2.24) is 5.32 Å². The van der Waals surface area contributed by atoms with Crippen LogP contribution in [0.1, 0.15) is 51.3 Å². The molecule has 3 aromatic rings. The molecule has 11 nitrogen and oxygen atoms in total. The van der Waals surface area contributed by atoms with E-state index in [9.17, 15) is 18.6 Å². The van der Waals surface area contributed by atoms with Crippen LogP contribution < -0.4 is 38.9 Å². The first kappa shape index (κ1) is 30.6. The monoisotopic (exact) mass is 599 g/mol. The molecule has 0 aromatic heterocycles. The van der Waals surface area contributed by atoms with Gasteiger partial charge in [-0.1, -0.05) is 0 Å². The third-order valence-corrected chi connectivity index (χ3v) is 8.75. The zero-order valence-electron chi connectivity index (χ0n) is 21.8. The minimum atomic E-state index is -1.35. The molecule has 210 valence electrons. The van der Waals surface area contributed by atoms with Gasteiger partial charge in [-0.05, 0) is 36.4 Å². The SMILES string of the molecule is CC(C)(CCNC(=O)c1cc(NC(=O)c2cc(N)cc(N)c2)cc(NC(=O)c2cc(N)cc(N)c2)c1)SS(=O)#P. The Morgan fingerprint density at radius 1 is 0.725 bits per heavy atom. The van der Waals surface area contributed by atoms with Gasteiger partial charge >= 0.3 is 137 Å². The van der Waals surface area contributed by atoms with E-state index in [1.807, 2.05) is 13.8 Å². The number of nitrogens with one attached hydrogen (secondary N) is 3. The molecule has 3 rings (SSSR count). The molecule has 0 atom stereocenters. The van der Waals surface area contributed by atoms with Crippen LogP contribution in [0.4, 0.5) is 34.1 Å². The number of benzene rings is 3. The topological polar surface area (TPSA) is 208 Å². The molecule has 0 aliphatic heterocycles. The normalized spacial score (nSPS) is 10.9. The van der Waals surface area contributed by atoms with E-state index in [2.05, 4.69) is 23.8 Å². The Kier molecular flexibility index (Phi) is 9.91. The van der Waals surface area contributed by atoms with E-state index >= 15 is 0 Å². The molecular formula is C26H30N7O4PS2. The van der Waals surface area contributed by atoms with Gasteiger partial charge in [-0.25, -0.2) is 0 Å². The van der Waals surface area contributed by atoms with E-state index in [1.54, 1.807) is 0 Å². The Bertz CT molecular complexity index is 1490. The summed E-state index contributed by atoms with van der Waals surface area (Å²) < 4.78 is 11.1. The number of nitrogen functional groups attached to an aromatic ring is 4. The van der Waals surface area contributed by atoms with E-state index in [4.69, 9.17) is 22.9 Å². The standard InChI is InChI=1S/C26H30N7O4PS2/c1-26(2,39-40(37)38)3-4-31-23(34)16-9-21(32-24(35)14-5-17(27)11-18(28)6-14)13-22(10-16)33-25(36)15-7-19(29)12-20(30)8-15/h5-13H,3-4,27-30H2,1-2H3,(H,31,34)(H,32,35)(H,33,36). The summed E-state index contributed by atoms with van der Waals surface area (Å²) in [6, 6.07) is 13.3. The molecule has 0 aliphatic rings. The molecule has 40 heavy (non-hydrogen) atoms. The first-order valence-corrected chi connectivity index (χ1v) is 15.4. The van der Waals surface area contributed by atoms with Gasteiger partial charge in [0, 0.05) is 33.9 Å². The summed E-state index contributed by atoms with van der Waals surface area (Å²) in [5.74, 6) is -1.48. The summed E-state index contributed by atoms with van der Waals surface area (Å²) in [4.78, 5) is 38.9. The number of amides is 3. The van der Waals surface area contributed by atoms with Gasteiger partial charge in [0.05, 0.1) is 0 Å². The van der Waals surface area contributed by atoms with Crippen LogP contribution in [-0.2, 0) is 8.81 Å². The maximum absolute atomic E-state index is 13.1. The number of carbonyl (C=O) groups excluding carboxylic acids is 3. The quantitative estimate of drug-likeness (QED) is 0.107. The van der Waals surface area contributed by atoms with Gasteiger partial charge in [-0.2, -0.15) is 0 Å². The van der Waals surface area contributed by atoms with Crippen molar-refractivity contribution in [2.24, 2.45) is 0 Å². The molecular weight excluding hydrogens is 569 g/mol. The van der Waals surface area contributed by atoms with Gasteiger partial charge in [-0.3, -0.25) is 9.59 Å². The fraction of sp³-hybridized carbons (Fsp3) is 0.192. The Labute approximate surface area is 239 Å². The molecule has 0 aliphatic carbocycles. The molecule has 0 radical (unpaired) electrons. The minimum absolute atomic E-state index is 0.176. The van der Waals surface area contributed by atoms with Crippen molar-refractivity contribution in [1.29, 1.82) is 0 Å². The molecule has 0 heterocycles. The number of rotatable bonds is 9. The summed E-state index contributed by atoms with van der Waals surface area (Å²) in [6.07, 6.45) is 0.517. The third-order valence-electron chi connectivity index (χ3n) is 5.50. The summed E-state index contributed by atoms with van der Waals surface area (Å²) >= 11 is 0. The van der Waals surface area contributed by atoms with Gasteiger partial charge < -0.3 is 22.9 Å². The van der Waals surface area contributed by atoms with Crippen LogP contribution >= 0.6 is 18.6 Å². The van der Waals surface area contributed by atoms with Crippen LogP contribution in [0, 0.1) is 0 Å². The Morgan fingerprint density at radius 2 is 1.12 bits per heavy atom. The molecule has 0 saturated carbocycles. The van der Waals surface area contributed by atoms with Gasteiger partial charge in [0.2, 0.25) is 0 Å². The number of hydrogen-bond donors (Lipinski definition) is 7. The third kappa shape index (κ3) is 9.08. The zero-order valence-corrected chi connectivity index (χ0v) is 24.3. The molecule has 3 amide bonds. The van der Waals surface area contributed by atoms with Gasteiger partial charge in [0.15, 0.2) is 0 Å². The molecule has 14 heteroatoms. The van der Waals surface area contributed by atoms with Gasteiger partial charge in [-0.15, -0.1) is 0 Å². The molecule has 0 bridgehead atoms. The van der Waals surface area contributed by atoms with Crippen molar-refractivity contribution in [2.75, 3.05) is 40.1 Å². The maximum atomic E-state index is 13.1. The predicted molar refractivity (Wildman–Crippen MR) is 167 cm³/mol. The molecule has 11 N–H and O–H groups in total. The van der Waals surface area contributed by atoms with E-state index in [1.165, 1.54) is 65.4 Å². The summed E-state index contributed by atoms with van der Waals surface area (Å²) in [6.45, 7) is 4.08. The molecule has 0 spiro atoms. The van der Waals surface area contributed by atoms with Crippen molar-refractivity contribution >= 4 is 79.3 Å². The first-order chi connectivity index (χ1) is 18.7. The molecule has 3 aromatic carbocycles. The van der Waals surface area contributed by atoms with Crippen LogP contribution in [0.15, 0.2) is 54.6 Å². The van der Waals surface area contributed by atoms with Crippen molar-refractivity contribution < 1.29 is 18.6 Å². The Morgan fingerprint density at radius 3 is 1.52 bits per heavy atom. The second-order valence-corrected chi connectivity index (χ2v) is 14.4. The predicted octanol–water partition coefficient (Wildman–Crippen LogP) is 4.14. The van der Waals surface area contributed by atoms with Crippen LogP contribution in [-0.4, -0.2) is 33.2 Å². The fourth-order valence-electron chi connectivity index (χ4n) is 3.74. The summed E-state index contributed by atoms with van der Waals surface area (Å²) in [7, 11) is 3.74. The van der Waals surface area contributed by atoms with Crippen LogP contribution in [0.5, 0.6) is 0 Å². The molecule has 0 unspecified atom stereocenters. The van der Waals surface area contributed by atoms with Crippen molar-refractivity contribution in [3.8, 4) is 0 Å². The van der Waals surface area contributed by atoms with E-state index in [0.717, 1.165) is 0 Å². The van der Waals surface area contributed by atoms with Crippen molar-refractivity contribution in [3.05, 3.63) is 71.3 Å². The number of hydrogen-bond acceptors (Lipinski definition) is 9. The van der Waals surface area contributed by atoms with Crippen LogP contribution in [0.25, 0.3) is 0 Å². The molecule has 0 saturated heterocycles. The first-order valence-electron chi connectivity index (χ1n) is 11.9. The fourth-order valence-corrected chi connectivity index (χ4v) is 7.53. The number of anilines is 6. The average molecular weight is 600 g/mol. The summed E-state index contributed by atoms with van der Waals surface area (Å²) in [5, 5.41) is 8.24. The Balaban J connectivity index is 1.88. The zero-order chi connectivity index (χ0) is 29.6. The van der Waals surface area contributed by atoms with E-state index in [0.29, 0.717) is 29.2 Å². The van der Waals surface area contributed by atoms with E-state index in [-0.39, 0.29) is 34.6 Å². The van der Waals surface area contributed by atoms with Crippen LogP contribution in [0.3, 0.4) is 0 Å². The van der Waals surface area contributed by atoms with Crippen LogP contribution in [0.2, 0.25) is 0 Å². The van der Waals surface area contributed by atoms with Gasteiger partial charge in [0.25, 0.3) is 0 Å². The summed E-state index contributed by atoms with van der Waals surface area (Å²) in [5.41, 5.74) is 25.6. The van der Waals surface area contributed by atoms with Crippen molar-refractivity contribution in [2.45, 2.75) is 25.0 Å². The number of carbonyl (C=O) groups is 3. The second-order valence-electron chi connectivity index (χ2n) is 9.55. The second kappa shape index (κ2) is 12.9. The molecule has 0 fully saturated rings. The van der Waals surface area contributed by atoms with E-state index < -0.39 is 31.3 Å². The Hall–Kier alpha value is -3.93. The average Bonchev–Trinajstić information content (AvgIpc) is 2.81. The number of nitrogens with two attached hydrogens (primary N) is 4.